The zero-order valence-corrected chi connectivity index (χ0v) is 11.9. The second-order valence-corrected chi connectivity index (χ2v) is 6.44. The molecule has 0 aliphatic heterocycles. The van der Waals surface area contributed by atoms with Crippen molar-refractivity contribution in [1.82, 2.24) is 14.3 Å². The molecule has 18 heavy (non-hydrogen) atoms. The number of sulfonamides is 1. The third-order valence-electron chi connectivity index (χ3n) is 2.69. The van der Waals surface area contributed by atoms with Crippen LogP contribution < -0.4 is 4.72 Å². The molecule has 0 unspecified atom stereocenters. The maximum Gasteiger partial charge on any atom is 0.208 e. The molecule has 2 rings (SSSR count). The number of para-hydroxylation sites is 1. The van der Waals surface area contributed by atoms with Crippen LogP contribution in [0.5, 0.6) is 0 Å². The molecule has 0 saturated heterocycles. The number of aryl methyl sites for hydroxylation is 1. The minimum absolute atomic E-state index is 0.328. The predicted octanol–water partition coefficient (Wildman–Crippen LogP) is 1.56. The van der Waals surface area contributed by atoms with Crippen LogP contribution in [-0.4, -0.2) is 30.8 Å². The Kier molecular flexibility index (Phi) is 3.56. The third-order valence-corrected chi connectivity index (χ3v) is 3.75. The number of rotatable bonds is 4. The molecule has 5 nitrogen and oxygen atoms in total. The fraction of sp³-hybridized carbons (Fsp3) is 0.364. The lowest BCUT2D eigenvalue weighted by Gasteiger charge is -2.06. The van der Waals surface area contributed by atoms with Gasteiger partial charge in [0.05, 0.1) is 17.3 Å². The molecule has 0 spiro atoms. The van der Waals surface area contributed by atoms with Crippen molar-refractivity contribution in [3.63, 3.8) is 0 Å². The summed E-state index contributed by atoms with van der Waals surface area (Å²) in [5.74, 6) is 0. The largest absolute Gasteiger partial charge is 0.331 e. The van der Waals surface area contributed by atoms with E-state index in [9.17, 15) is 8.42 Å². The molecule has 2 aromatic rings. The molecule has 98 valence electrons. The fourth-order valence-corrected chi connectivity index (χ4v) is 2.71. The summed E-state index contributed by atoms with van der Waals surface area (Å²) < 4.78 is 27.0. The Balaban J connectivity index is 2.33. The van der Waals surface area contributed by atoms with Gasteiger partial charge in [-0.2, -0.15) is 0 Å². The van der Waals surface area contributed by atoms with Crippen molar-refractivity contribution in [1.29, 1.82) is 0 Å². The van der Waals surface area contributed by atoms with Gasteiger partial charge in [0.15, 0.2) is 4.77 Å². The molecule has 1 heterocycles. The summed E-state index contributed by atoms with van der Waals surface area (Å²) in [5.41, 5.74) is 3.11. The zero-order valence-electron chi connectivity index (χ0n) is 10.2. The van der Waals surface area contributed by atoms with Crippen LogP contribution in [-0.2, 0) is 16.6 Å². The van der Waals surface area contributed by atoms with Gasteiger partial charge in [0.25, 0.3) is 0 Å². The van der Waals surface area contributed by atoms with E-state index >= 15 is 0 Å². The van der Waals surface area contributed by atoms with Gasteiger partial charge in [0.2, 0.25) is 10.0 Å². The Morgan fingerprint density at radius 1 is 1.44 bits per heavy atom. The second-order valence-electron chi connectivity index (χ2n) is 4.22. The smallest absolute Gasteiger partial charge is 0.208 e. The van der Waals surface area contributed by atoms with Gasteiger partial charge in [-0.25, -0.2) is 13.1 Å². The summed E-state index contributed by atoms with van der Waals surface area (Å²) in [5, 5.41) is 0. The quantitative estimate of drug-likeness (QED) is 0.838. The maximum absolute atomic E-state index is 11.0. The predicted molar refractivity (Wildman–Crippen MR) is 74.7 cm³/mol. The molecule has 0 saturated carbocycles. The zero-order chi connectivity index (χ0) is 13.3. The number of imidazole rings is 1. The number of nitrogens with zero attached hydrogens (tertiary/aromatic N) is 1. The normalized spacial score (nSPS) is 12.1. The van der Waals surface area contributed by atoms with Crippen LogP contribution in [0.25, 0.3) is 11.0 Å². The highest BCUT2D eigenvalue weighted by molar-refractivity contribution is 7.88. The molecule has 0 atom stereocenters. The average molecular weight is 285 g/mol. The number of hydrogen-bond acceptors (Lipinski definition) is 3. The lowest BCUT2D eigenvalue weighted by molar-refractivity contribution is 0.579. The molecule has 0 aliphatic rings. The molecule has 2 N–H and O–H groups in total. The van der Waals surface area contributed by atoms with Gasteiger partial charge in [0.1, 0.15) is 0 Å². The highest BCUT2D eigenvalue weighted by Crippen LogP contribution is 2.17. The standard InChI is InChI=1S/C11H15N3O2S2/c1-8-4-3-5-9-10(8)14(11(17)13-9)7-6-12-18(2,15)16/h3-5,12H,6-7H2,1-2H3,(H,13,17). The molecule has 0 amide bonds. The summed E-state index contributed by atoms with van der Waals surface area (Å²) in [6, 6.07) is 5.92. The van der Waals surface area contributed by atoms with Gasteiger partial charge >= 0.3 is 0 Å². The molecule has 0 radical (unpaired) electrons. The number of nitrogens with one attached hydrogen (secondary N) is 2. The molecular formula is C11H15N3O2S2. The van der Waals surface area contributed by atoms with Crippen LogP contribution in [0.2, 0.25) is 0 Å². The van der Waals surface area contributed by atoms with E-state index < -0.39 is 10.0 Å². The summed E-state index contributed by atoms with van der Waals surface area (Å²) in [6.45, 7) is 2.84. The van der Waals surface area contributed by atoms with Gasteiger partial charge in [-0.05, 0) is 30.8 Å². The number of aromatic amines is 1. The Bertz CT molecular complexity index is 728. The second kappa shape index (κ2) is 4.83. The van der Waals surface area contributed by atoms with Crippen molar-refractivity contribution in [3.05, 3.63) is 28.5 Å². The van der Waals surface area contributed by atoms with Gasteiger partial charge < -0.3 is 9.55 Å². The highest BCUT2D eigenvalue weighted by atomic mass is 32.2. The van der Waals surface area contributed by atoms with Crippen LogP contribution in [0.1, 0.15) is 5.56 Å². The number of hydrogen-bond donors (Lipinski definition) is 2. The first kappa shape index (κ1) is 13.3. The fourth-order valence-electron chi connectivity index (χ4n) is 1.96. The maximum atomic E-state index is 11.0. The van der Waals surface area contributed by atoms with Gasteiger partial charge in [0, 0.05) is 13.1 Å². The summed E-state index contributed by atoms with van der Waals surface area (Å²) >= 11 is 5.25. The van der Waals surface area contributed by atoms with Gasteiger partial charge in [-0.1, -0.05) is 12.1 Å². The first-order valence-electron chi connectivity index (χ1n) is 5.51. The van der Waals surface area contributed by atoms with E-state index in [0.717, 1.165) is 22.9 Å². The Hall–Kier alpha value is -1.18. The van der Waals surface area contributed by atoms with E-state index in [-0.39, 0.29) is 0 Å². The number of fused-ring (bicyclic) bond motifs is 1. The van der Waals surface area contributed by atoms with E-state index in [1.165, 1.54) is 0 Å². The van der Waals surface area contributed by atoms with Crippen LogP contribution in [0, 0.1) is 11.7 Å². The molecule has 0 aliphatic carbocycles. The van der Waals surface area contributed by atoms with Crippen molar-refractivity contribution >= 4 is 33.3 Å². The van der Waals surface area contributed by atoms with Crippen LogP contribution in [0.4, 0.5) is 0 Å². The van der Waals surface area contributed by atoms with Crippen molar-refractivity contribution in [2.45, 2.75) is 13.5 Å². The van der Waals surface area contributed by atoms with Crippen molar-refractivity contribution in [2.75, 3.05) is 12.8 Å². The average Bonchev–Trinajstić information content (AvgIpc) is 2.55. The lowest BCUT2D eigenvalue weighted by atomic mass is 10.2. The summed E-state index contributed by atoms with van der Waals surface area (Å²) in [4.78, 5) is 3.12. The van der Waals surface area contributed by atoms with Crippen LogP contribution >= 0.6 is 12.2 Å². The van der Waals surface area contributed by atoms with E-state index in [1.807, 2.05) is 29.7 Å². The SMILES string of the molecule is Cc1cccc2[nH]c(=S)n(CCNS(C)(=O)=O)c12. The van der Waals surface area contributed by atoms with Crippen LogP contribution in [0.3, 0.4) is 0 Å². The summed E-state index contributed by atoms with van der Waals surface area (Å²) in [6.07, 6.45) is 1.15. The molecular weight excluding hydrogens is 270 g/mol. The molecule has 7 heteroatoms. The monoisotopic (exact) mass is 285 g/mol. The number of benzene rings is 1. The first-order chi connectivity index (χ1) is 8.38. The van der Waals surface area contributed by atoms with E-state index in [4.69, 9.17) is 12.2 Å². The number of H-pyrrole nitrogens is 1. The van der Waals surface area contributed by atoms with Crippen molar-refractivity contribution in [2.24, 2.45) is 0 Å². The van der Waals surface area contributed by atoms with E-state index in [1.54, 1.807) is 0 Å². The summed E-state index contributed by atoms with van der Waals surface area (Å²) in [7, 11) is -3.16. The Morgan fingerprint density at radius 3 is 2.83 bits per heavy atom. The van der Waals surface area contributed by atoms with Crippen molar-refractivity contribution < 1.29 is 8.42 Å². The molecule has 0 fully saturated rings. The molecule has 0 bridgehead atoms. The first-order valence-corrected chi connectivity index (χ1v) is 7.81. The van der Waals surface area contributed by atoms with E-state index in [2.05, 4.69) is 9.71 Å². The van der Waals surface area contributed by atoms with Crippen LogP contribution in [0.15, 0.2) is 18.2 Å². The van der Waals surface area contributed by atoms with Crippen molar-refractivity contribution in [3.8, 4) is 0 Å². The van der Waals surface area contributed by atoms with Gasteiger partial charge in [-0.15, -0.1) is 0 Å². The molecule has 1 aromatic carbocycles. The number of aromatic nitrogens is 2. The lowest BCUT2D eigenvalue weighted by Crippen LogP contribution is -2.26. The topological polar surface area (TPSA) is 66.9 Å². The Labute approximate surface area is 111 Å². The minimum Gasteiger partial charge on any atom is -0.331 e. The van der Waals surface area contributed by atoms with E-state index in [0.29, 0.717) is 17.9 Å². The molecule has 1 aromatic heterocycles. The Morgan fingerprint density at radius 2 is 2.17 bits per heavy atom. The minimum atomic E-state index is -3.16. The third kappa shape index (κ3) is 2.80. The highest BCUT2D eigenvalue weighted by Gasteiger charge is 2.07. The van der Waals surface area contributed by atoms with Gasteiger partial charge in [-0.3, -0.25) is 0 Å².